The molecule has 1 aliphatic rings. The molecule has 0 atom stereocenters. The van der Waals surface area contributed by atoms with E-state index in [1.807, 2.05) is 0 Å². The SMILES string of the molecule is CC1=NNC(=O)N(CS(=O)(=O)c2ccc(I)cc2)C1. The maximum atomic E-state index is 12.2. The van der Waals surface area contributed by atoms with Crippen molar-refractivity contribution < 1.29 is 13.2 Å². The zero-order chi connectivity index (χ0) is 14.0. The summed E-state index contributed by atoms with van der Waals surface area (Å²) in [5.74, 6) is -0.355. The summed E-state index contributed by atoms with van der Waals surface area (Å²) in [6, 6.07) is 6.02. The predicted octanol–water partition coefficient (Wildman–Crippen LogP) is 1.42. The lowest BCUT2D eigenvalue weighted by atomic mass is 10.4. The first-order valence-corrected chi connectivity index (χ1v) is 8.18. The summed E-state index contributed by atoms with van der Waals surface area (Å²) in [7, 11) is -3.53. The molecule has 8 heteroatoms. The van der Waals surface area contributed by atoms with E-state index < -0.39 is 15.9 Å². The molecule has 0 radical (unpaired) electrons. The van der Waals surface area contributed by atoms with Crippen LogP contribution in [0.4, 0.5) is 4.79 Å². The molecule has 1 heterocycles. The first-order chi connectivity index (χ1) is 8.88. The average molecular weight is 393 g/mol. The van der Waals surface area contributed by atoms with Gasteiger partial charge < -0.3 is 4.90 Å². The third kappa shape index (κ3) is 3.44. The van der Waals surface area contributed by atoms with Gasteiger partial charge in [0.15, 0.2) is 9.84 Å². The van der Waals surface area contributed by atoms with Crippen molar-refractivity contribution in [2.75, 3.05) is 12.4 Å². The van der Waals surface area contributed by atoms with Crippen LogP contribution >= 0.6 is 22.6 Å². The summed E-state index contributed by atoms with van der Waals surface area (Å²) in [5, 5.41) is 3.76. The summed E-state index contributed by atoms with van der Waals surface area (Å²) >= 11 is 2.10. The maximum Gasteiger partial charge on any atom is 0.339 e. The van der Waals surface area contributed by atoms with Crippen LogP contribution in [0.3, 0.4) is 0 Å². The van der Waals surface area contributed by atoms with Crippen molar-refractivity contribution in [3.63, 3.8) is 0 Å². The molecule has 1 aliphatic heterocycles. The molecular formula is C11H12IN3O3S. The van der Waals surface area contributed by atoms with Gasteiger partial charge >= 0.3 is 6.03 Å². The zero-order valence-electron chi connectivity index (χ0n) is 10.1. The van der Waals surface area contributed by atoms with E-state index in [9.17, 15) is 13.2 Å². The van der Waals surface area contributed by atoms with Crippen LogP contribution in [0.5, 0.6) is 0 Å². The Morgan fingerprint density at radius 1 is 1.37 bits per heavy atom. The van der Waals surface area contributed by atoms with Crippen molar-refractivity contribution in [1.29, 1.82) is 0 Å². The molecule has 2 amide bonds. The average Bonchev–Trinajstić information content (AvgIpc) is 2.34. The maximum absolute atomic E-state index is 12.2. The van der Waals surface area contributed by atoms with E-state index in [2.05, 4.69) is 33.1 Å². The molecule has 19 heavy (non-hydrogen) atoms. The van der Waals surface area contributed by atoms with Crippen molar-refractivity contribution in [3.05, 3.63) is 27.8 Å². The van der Waals surface area contributed by atoms with E-state index in [0.29, 0.717) is 5.71 Å². The van der Waals surface area contributed by atoms with Gasteiger partial charge in [-0.2, -0.15) is 5.10 Å². The van der Waals surface area contributed by atoms with E-state index >= 15 is 0 Å². The van der Waals surface area contributed by atoms with Crippen molar-refractivity contribution >= 4 is 44.2 Å². The Hall–Kier alpha value is -1.16. The van der Waals surface area contributed by atoms with Crippen LogP contribution < -0.4 is 5.43 Å². The van der Waals surface area contributed by atoms with Crippen LogP contribution in [0.1, 0.15) is 6.92 Å². The fraction of sp³-hybridized carbons (Fsp3) is 0.273. The number of urea groups is 1. The van der Waals surface area contributed by atoms with Gasteiger partial charge in [0.25, 0.3) is 0 Å². The van der Waals surface area contributed by atoms with Gasteiger partial charge in [0.05, 0.1) is 17.2 Å². The molecule has 0 saturated heterocycles. The van der Waals surface area contributed by atoms with Crippen LogP contribution in [0.15, 0.2) is 34.3 Å². The lowest BCUT2D eigenvalue weighted by molar-refractivity contribution is 0.209. The van der Waals surface area contributed by atoms with Crippen LogP contribution in [0.25, 0.3) is 0 Å². The Morgan fingerprint density at radius 3 is 2.63 bits per heavy atom. The van der Waals surface area contributed by atoms with E-state index in [0.717, 1.165) is 3.57 Å². The standard InChI is InChI=1S/C11H12IN3O3S/c1-8-6-15(11(16)14-13-8)7-19(17,18)10-4-2-9(12)3-5-10/h2-5H,6-7H2,1H3,(H,14,16). The zero-order valence-corrected chi connectivity index (χ0v) is 13.1. The number of nitrogens with zero attached hydrogens (tertiary/aromatic N) is 2. The van der Waals surface area contributed by atoms with Crippen molar-refractivity contribution in [2.24, 2.45) is 5.10 Å². The highest BCUT2D eigenvalue weighted by Gasteiger charge is 2.25. The lowest BCUT2D eigenvalue weighted by Crippen LogP contribution is -2.47. The fourth-order valence-electron chi connectivity index (χ4n) is 1.62. The number of carbonyl (C=O) groups excluding carboxylic acids is 1. The number of hydrogen-bond donors (Lipinski definition) is 1. The number of carbonyl (C=O) groups is 1. The molecule has 1 N–H and O–H groups in total. The molecule has 0 bridgehead atoms. The Labute approximate surface area is 124 Å². The minimum Gasteiger partial charge on any atom is -0.303 e. The van der Waals surface area contributed by atoms with E-state index in [-0.39, 0.29) is 17.3 Å². The molecule has 0 aliphatic carbocycles. The monoisotopic (exact) mass is 393 g/mol. The molecule has 2 rings (SSSR count). The largest absolute Gasteiger partial charge is 0.339 e. The molecule has 0 fully saturated rings. The second kappa shape index (κ2) is 5.45. The minimum absolute atomic E-state index is 0.209. The predicted molar refractivity (Wildman–Crippen MR) is 79.6 cm³/mol. The van der Waals surface area contributed by atoms with Crippen molar-refractivity contribution in [3.8, 4) is 0 Å². The smallest absolute Gasteiger partial charge is 0.303 e. The molecule has 0 saturated carbocycles. The highest BCUT2D eigenvalue weighted by molar-refractivity contribution is 14.1. The summed E-state index contributed by atoms with van der Waals surface area (Å²) in [6.07, 6.45) is 0. The van der Waals surface area contributed by atoms with E-state index in [1.54, 1.807) is 31.2 Å². The van der Waals surface area contributed by atoms with Crippen LogP contribution in [-0.4, -0.2) is 37.5 Å². The molecular weight excluding hydrogens is 381 g/mol. The molecule has 0 aromatic heterocycles. The number of hydrogen-bond acceptors (Lipinski definition) is 4. The normalized spacial score (nSPS) is 16.0. The second-order valence-corrected chi connectivity index (χ2v) is 7.36. The number of amides is 2. The van der Waals surface area contributed by atoms with Gasteiger partial charge in [0.1, 0.15) is 5.88 Å². The third-order valence-corrected chi connectivity index (χ3v) is 4.91. The minimum atomic E-state index is -3.53. The van der Waals surface area contributed by atoms with Gasteiger partial charge in [-0.3, -0.25) is 0 Å². The quantitative estimate of drug-likeness (QED) is 0.790. The summed E-state index contributed by atoms with van der Waals surface area (Å²) in [6.45, 7) is 1.94. The van der Waals surface area contributed by atoms with Gasteiger partial charge in [-0.05, 0) is 53.8 Å². The number of hydrazone groups is 1. The number of rotatable bonds is 3. The molecule has 102 valence electrons. The summed E-state index contributed by atoms with van der Waals surface area (Å²) in [5.41, 5.74) is 2.94. The molecule has 6 nitrogen and oxygen atoms in total. The number of halogens is 1. The van der Waals surface area contributed by atoms with Gasteiger partial charge in [-0.25, -0.2) is 18.6 Å². The second-order valence-electron chi connectivity index (χ2n) is 4.16. The third-order valence-electron chi connectivity index (χ3n) is 2.55. The topological polar surface area (TPSA) is 78.8 Å². The Kier molecular flexibility index (Phi) is 4.09. The van der Waals surface area contributed by atoms with Gasteiger partial charge in [-0.15, -0.1) is 0 Å². The molecule has 1 aromatic rings. The van der Waals surface area contributed by atoms with E-state index in [1.165, 1.54) is 4.90 Å². The van der Waals surface area contributed by atoms with Gasteiger partial charge in [0, 0.05) is 3.57 Å². The highest BCUT2D eigenvalue weighted by Crippen LogP contribution is 2.15. The lowest BCUT2D eigenvalue weighted by Gasteiger charge is -2.25. The van der Waals surface area contributed by atoms with Gasteiger partial charge in [0.2, 0.25) is 0 Å². The van der Waals surface area contributed by atoms with Crippen molar-refractivity contribution in [2.45, 2.75) is 11.8 Å². The van der Waals surface area contributed by atoms with Crippen LogP contribution in [0.2, 0.25) is 0 Å². The van der Waals surface area contributed by atoms with Crippen LogP contribution in [0, 0.1) is 3.57 Å². The Morgan fingerprint density at radius 2 is 2.00 bits per heavy atom. The fourth-order valence-corrected chi connectivity index (χ4v) is 3.30. The summed E-state index contributed by atoms with van der Waals surface area (Å²) < 4.78 is 25.4. The first-order valence-electron chi connectivity index (χ1n) is 5.45. The Balaban J connectivity index is 2.20. The Bertz CT molecular complexity index is 625. The molecule has 0 unspecified atom stereocenters. The van der Waals surface area contributed by atoms with Gasteiger partial charge in [-0.1, -0.05) is 0 Å². The summed E-state index contributed by atoms with van der Waals surface area (Å²) in [4.78, 5) is 13.0. The van der Waals surface area contributed by atoms with Crippen LogP contribution in [-0.2, 0) is 9.84 Å². The van der Waals surface area contributed by atoms with E-state index in [4.69, 9.17) is 0 Å². The number of benzene rings is 1. The number of sulfone groups is 1. The molecule has 0 spiro atoms. The first kappa shape index (κ1) is 14.3. The highest BCUT2D eigenvalue weighted by atomic mass is 127. The molecule has 1 aromatic carbocycles. The van der Waals surface area contributed by atoms with Crippen molar-refractivity contribution in [1.82, 2.24) is 10.3 Å². The number of nitrogens with one attached hydrogen (secondary N) is 1.